The quantitative estimate of drug-likeness (QED) is 0.409. The lowest BCUT2D eigenvalue weighted by molar-refractivity contribution is 0.383. The van der Waals surface area contributed by atoms with Crippen LogP contribution in [0.5, 0.6) is 23.0 Å². The van der Waals surface area contributed by atoms with Crippen molar-refractivity contribution >= 4 is 31.8 Å². The fraction of sp³-hybridized carbons (Fsp3) is 0. The smallest absolute Gasteiger partial charge is 0.446 e. The van der Waals surface area contributed by atoms with Crippen LogP contribution >= 0.6 is 0 Å². The molecule has 4 N–H and O–H groups in total. The van der Waals surface area contributed by atoms with Crippen molar-refractivity contribution < 1.29 is 48.9 Å². The molecule has 3 aromatic rings. The van der Waals surface area contributed by atoms with E-state index in [1.54, 1.807) is 0 Å². The van der Waals surface area contributed by atoms with Gasteiger partial charge in [-0.2, -0.15) is 16.8 Å². The molecular weight excluding hydrogens is 436 g/mol. The molecule has 0 saturated carbocycles. The first kappa shape index (κ1) is 20.4. The Labute approximate surface area is 162 Å². The molecule has 0 radical (unpaired) electrons. The summed E-state index contributed by atoms with van der Waals surface area (Å²) in [4.78, 5) is 12.4. The molecule has 0 fully saturated rings. The van der Waals surface area contributed by atoms with Crippen LogP contribution in [-0.2, 0) is 20.8 Å². The number of phenolic OH excluding ortho intramolecular Hbond substituents is 1. The summed E-state index contributed by atoms with van der Waals surface area (Å²) in [6, 6.07) is 6.13. The van der Waals surface area contributed by atoms with Gasteiger partial charge >= 0.3 is 20.8 Å². The van der Waals surface area contributed by atoms with Gasteiger partial charge in [0, 0.05) is 17.7 Å². The van der Waals surface area contributed by atoms with Crippen molar-refractivity contribution in [1.29, 1.82) is 0 Å². The summed E-state index contributed by atoms with van der Waals surface area (Å²) in [5, 5.41) is 19.6. The van der Waals surface area contributed by atoms with Gasteiger partial charge < -0.3 is 23.0 Å². The number of hydrogen-bond acceptors (Lipinski definition) is 10. The summed E-state index contributed by atoms with van der Waals surface area (Å²) in [5.74, 6) is -2.95. The Morgan fingerprint density at radius 3 is 1.93 bits per heavy atom. The van der Waals surface area contributed by atoms with E-state index < -0.39 is 54.6 Å². The average molecular weight is 446 g/mol. The monoisotopic (exact) mass is 446 g/mol. The van der Waals surface area contributed by atoms with Gasteiger partial charge in [0.05, 0.1) is 0 Å². The van der Waals surface area contributed by atoms with Crippen LogP contribution in [0, 0.1) is 0 Å². The third kappa shape index (κ3) is 4.57. The van der Waals surface area contributed by atoms with E-state index in [1.165, 1.54) is 12.1 Å². The van der Waals surface area contributed by atoms with E-state index in [9.17, 15) is 31.8 Å². The molecular formula is C15H10O12S2. The van der Waals surface area contributed by atoms with Crippen LogP contribution in [0.4, 0.5) is 0 Å². The van der Waals surface area contributed by atoms with Gasteiger partial charge in [0.2, 0.25) is 11.2 Å². The van der Waals surface area contributed by atoms with E-state index >= 15 is 0 Å². The molecule has 12 nitrogen and oxygen atoms in total. The number of benzene rings is 2. The molecule has 0 aliphatic heterocycles. The van der Waals surface area contributed by atoms with E-state index in [0.717, 1.165) is 18.2 Å². The Morgan fingerprint density at radius 2 is 1.38 bits per heavy atom. The summed E-state index contributed by atoms with van der Waals surface area (Å²) >= 11 is 0. The minimum atomic E-state index is -4.93. The first-order chi connectivity index (χ1) is 13.3. The van der Waals surface area contributed by atoms with Crippen LogP contribution in [0.2, 0.25) is 0 Å². The first-order valence-corrected chi connectivity index (χ1v) is 10.0. The van der Waals surface area contributed by atoms with Crippen LogP contribution < -0.4 is 13.8 Å². The van der Waals surface area contributed by atoms with Gasteiger partial charge in [-0.3, -0.25) is 13.9 Å². The summed E-state index contributed by atoms with van der Waals surface area (Å²) in [6.45, 7) is 0. The summed E-state index contributed by atoms with van der Waals surface area (Å²) in [6.07, 6.45) is 0. The maximum atomic E-state index is 12.4. The number of rotatable bonds is 5. The van der Waals surface area contributed by atoms with E-state index in [2.05, 4.69) is 8.37 Å². The Bertz CT molecular complexity index is 1370. The highest BCUT2D eigenvalue weighted by atomic mass is 32.3. The molecule has 0 unspecified atom stereocenters. The van der Waals surface area contributed by atoms with E-state index in [4.69, 9.17) is 13.5 Å². The second kappa shape index (κ2) is 6.93. The molecule has 3 rings (SSSR count). The lowest BCUT2D eigenvalue weighted by Crippen LogP contribution is -2.08. The maximum Gasteiger partial charge on any atom is 0.446 e. The molecule has 2 aromatic carbocycles. The summed E-state index contributed by atoms with van der Waals surface area (Å²) < 4.78 is 74.3. The van der Waals surface area contributed by atoms with Crippen molar-refractivity contribution in [2.45, 2.75) is 0 Å². The van der Waals surface area contributed by atoms with Crippen molar-refractivity contribution in [3.8, 4) is 34.3 Å². The molecule has 1 aromatic heterocycles. The molecule has 29 heavy (non-hydrogen) atoms. The van der Waals surface area contributed by atoms with Crippen LogP contribution in [0.15, 0.2) is 45.6 Å². The zero-order valence-corrected chi connectivity index (χ0v) is 15.5. The number of phenols is 1. The minimum Gasteiger partial charge on any atom is -0.507 e. The minimum absolute atomic E-state index is 0.0600. The largest absolute Gasteiger partial charge is 0.507 e. The highest BCUT2D eigenvalue weighted by molar-refractivity contribution is 7.81. The molecule has 14 heteroatoms. The molecule has 0 spiro atoms. The molecule has 0 saturated heterocycles. The van der Waals surface area contributed by atoms with E-state index in [-0.39, 0.29) is 16.9 Å². The van der Waals surface area contributed by atoms with Crippen LogP contribution in [0.3, 0.4) is 0 Å². The second-order valence-electron chi connectivity index (χ2n) is 5.47. The second-order valence-corrected chi connectivity index (χ2v) is 7.52. The summed E-state index contributed by atoms with van der Waals surface area (Å²) in [5.41, 5.74) is -1.39. The van der Waals surface area contributed by atoms with Gasteiger partial charge in [0.25, 0.3) is 0 Å². The lowest BCUT2D eigenvalue weighted by Gasteiger charge is -2.09. The Hall–Kier alpha value is -3.33. The fourth-order valence-corrected chi connectivity index (χ4v) is 3.11. The number of hydrogen-bond donors (Lipinski definition) is 4. The first-order valence-electron chi connectivity index (χ1n) is 7.31. The van der Waals surface area contributed by atoms with Crippen molar-refractivity contribution in [3.63, 3.8) is 0 Å². The van der Waals surface area contributed by atoms with Gasteiger partial charge in [-0.05, 0) is 24.3 Å². The molecule has 0 bridgehead atoms. The van der Waals surface area contributed by atoms with Gasteiger partial charge in [0.1, 0.15) is 22.5 Å². The van der Waals surface area contributed by atoms with Crippen LogP contribution in [0.1, 0.15) is 0 Å². The fourth-order valence-electron chi connectivity index (χ4n) is 2.41. The predicted molar refractivity (Wildman–Crippen MR) is 95.6 cm³/mol. The predicted octanol–water partition coefficient (Wildman–Crippen LogP) is 1.23. The molecule has 0 aliphatic carbocycles. The Morgan fingerprint density at radius 1 is 0.828 bits per heavy atom. The molecule has 1 heterocycles. The topological polar surface area (TPSA) is 198 Å². The number of aromatic hydroxyl groups is 2. The Kier molecular flexibility index (Phi) is 4.87. The van der Waals surface area contributed by atoms with Crippen molar-refractivity contribution in [1.82, 2.24) is 0 Å². The zero-order chi connectivity index (χ0) is 21.6. The summed E-state index contributed by atoms with van der Waals surface area (Å²) in [7, 11) is -9.68. The SMILES string of the molecule is O=c1c(O)c(-c2ccc(OS(=O)(=O)O)cc2)oc2cc(OS(=O)(=O)O)cc(O)c12. The Balaban J connectivity index is 2.16. The molecule has 0 amide bonds. The highest BCUT2D eigenvalue weighted by Gasteiger charge is 2.20. The van der Waals surface area contributed by atoms with Crippen molar-refractivity contribution in [2.24, 2.45) is 0 Å². The highest BCUT2D eigenvalue weighted by Crippen LogP contribution is 2.36. The lowest BCUT2D eigenvalue weighted by atomic mass is 10.1. The average Bonchev–Trinajstić information content (AvgIpc) is 2.55. The number of fused-ring (bicyclic) bond motifs is 1. The van der Waals surface area contributed by atoms with Crippen LogP contribution in [-0.4, -0.2) is 36.2 Å². The van der Waals surface area contributed by atoms with E-state index in [0.29, 0.717) is 6.07 Å². The van der Waals surface area contributed by atoms with Crippen molar-refractivity contribution in [3.05, 3.63) is 46.6 Å². The third-order valence-electron chi connectivity index (χ3n) is 3.44. The molecule has 0 atom stereocenters. The molecule has 0 aliphatic rings. The van der Waals surface area contributed by atoms with Gasteiger partial charge in [-0.25, -0.2) is 0 Å². The van der Waals surface area contributed by atoms with E-state index in [1.807, 2.05) is 0 Å². The standard InChI is InChI=1S/C15H10O12S2/c16-10-5-9(27-29(22,23)24)6-11-12(10)13(17)14(18)15(25-11)7-1-3-8(4-2-7)26-28(19,20)21/h1-6,16,18H,(H,19,20,21)(H,22,23,24). The zero-order valence-electron chi connectivity index (χ0n) is 13.8. The maximum absolute atomic E-state index is 12.4. The molecule has 154 valence electrons. The van der Waals surface area contributed by atoms with Crippen LogP contribution in [0.25, 0.3) is 22.3 Å². The van der Waals surface area contributed by atoms with Gasteiger partial charge in [0.15, 0.2) is 11.5 Å². The van der Waals surface area contributed by atoms with Gasteiger partial charge in [-0.15, -0.1) is 0 Å². The van der Waals surface area contributed by atoms with Gasteiger partial charge in [-0.1, -0.05) is 0 Å². The third-order valence-corrected chi connectivity index (χ3v) is 4.25. The van der Waals surface area contributed by atoms with Crippen molar-refractivity contribution in [2.75, 3.05) is 0 Å². The normalized spacial score (nSPS) is 12.1.